The largest absolute Gasteiger partial charge is 0.497 e. The molecule has 0 radical (unpaired) electrons. The van der Waals surface area contributed by atoms with Crippen molar-refractivity contribution in [1.82, 2.24) is 10.6 Å². The molecule has 3 N–H and O–H groups in total. The molecule has 0 amide bonds. The lowest BCUT2D eigenvalue weighted by Crippen LogP contribution is -2.44. The molecule has 6 nitrogen and oxygen atoms in total. The van der Waals surface area contributed by atoms with Crippen molar-refractivity contribution >= 4 is 5.96 Å². The van der Waals surface area contributed by atoms with Gasteiger partial charge in [-0.1, -0.05) is 12.1 Å². The van der Waals surface area contributed by atoms with Gasteiger partial charge in [0, 0.05) is 6.54 Å². The van der Waals surface area contributed by atoms with Gasteiger partial charge in [0.25, 0.3) is 0 Å². The van der Waals surface area contributed by atoms with E-state index < -0.39 is 5.60 Å². The predicted octanol–water partition coefficient (Wildman–Crippen LogP) is 2.56. The Morgan fingerprint density at radius 3 is 2.72 bits per heavy atom. The van der Waals surface area contributed by atoms with Crippen LogP contribution in [-0.4, -0.2) is 31.3 Å². The fourth-order valence-electron chi connectivity index (χ4n) is 2.35. The van der Waals surface area contributed by atoms with E-state index in [2.05, 4.69) is 15.6 Å². The Bertz CT molecular complexity index is 707. The predicted molar refractivity (Wildman–Crippen MR) is 98.8 cm³/mol. The summed E-state index contributed by atoms with van der Waals surface area (Å²) in [6.45, 7) is 7.08. The number of rotatable bonds is 7. The molecule has 0 fully saturated rings. The van der Waals surface area contributed by atoms with E-state index in [9.17, 15) is 5.11 Å². The first-order chi connectivity index (χ1) is 11.9. The van der Waals surface area contributed by atoms with Crippen molar-refractivity contribution in [2.45, 2.75) is 32.9 Å². The first kappa shape index (κ1) is 18.9. The average Bonchev–Trinajstić information content (AvgIpc) is 3.05. The van der Waals surface area contributed by atoms with Gasteiger partial charge in [0.15, 0.2) is 5.96 Å². The Labute approximate surface area is 148 Å². The van der Waals surface area contributed by atoms with Crippen LogP contribution in [0.5, 0.6) is 5.75 Å². The molecule has 136 valence electrons. The van der Waals surface area contributed by atoms with Gasteiger partial charge in [-0.15, -0.1) is 0 Å². The standard InChI is InChI=1S/C19H27N3O3/c1-5-20-18(21-12-15-7-6-8-16(11-15)24-4)22-13-19(3,23)17-10-9-14(2)25-17/h6-11,23H,5,12-13H2,1-4H3,(H2,20,21,22). The van der Waals surface area contributed by atoms with Gasteiger partial charge >= 0.3 is 0 Å². The van der Waals surface area contributed by atoms with Crippen LogP contribution in [0.3, 0.4) is 0 Å². The quantitative estimate of drug-likeness (QED) is 0.531. The van der Waals surface area contributed by atoms with Crippen LogP contribution < -0.4 is 15.4 Å². The second-order valence-electron chi connectivity index (χ2n) is 6.08. The number of aliphatic imine (C=N–C) groups is 1. The van der Waals surface area contributed by atoms with Crippen LogP contribution in [-0.2, 0) is 12.1 Å². The van der Waals surface area contributed by atoms with Crippen LogP contribution >= 0.6 is 0 Å². The lowest BCUT2D eigenvalue weighted by Gasteiger charge is -2.22. The van der Waals surface area contributed by atoms with Crippen molar-refractivity contribution < 1.29 is 14.3 Å². The Balaban J connectivity index is 2.01. The summed E-state index contributed by atoms with van der Waals surface area (Å²) in [6.07, 6.45) is 0. The van der Waals surface area contributed by atoms with Crippen molar-refractivity contribution in [2.75, 3.05) is 20.2 Å². The SMILES string of the molecule is CCNC(=NCc1cccc(OC)c1)NCC(C)(O)c1ccc(C)o1. The molecule has 2 aromatic rings. The Morgan fingerprint density at radius 2 is 2.08 bits per heavy atom. The van der Waals surface area contributed by atoms with Crippen molar-refractivity contribution in [1.29, 1.82) is 0 Å². The Morgan fingerprint density at radius 1 is 1.28 bits per heavy atom. The summed E-state index contributed by atoms with van der Waals surface area (Å²) in [5.41, 5.74) is -0.0783. The molecular weight excluding hydrogens is 318 g/mol. The molecule has 0 saturated carbocycles. The highest BCUT2D eigenvalue weighted by molar-refractivity contribution is 5.79. The average molecular weight is 345 g/mol. The van der Waals surface area contributed by atoms with Gasteiger partial charge in [0.05, 0.1) is 20.2 Å². The fraction of sp³-hybridized carbons (Fsp3) is 0.421. The Hall–Kier alpha value is -2.47. The molecule has 1 unspecified atom stereocenters. The third-order valence-corrected chi connectivity index (χ3v) is 3.77. The summed E-state index contributed by atoms with van der Waals surface area (Å²) < 4.78 is 10.8. The molecule has 1 aromatic heterocycles. The van der Waals surface area contributed by atoms with Crippen LogP contribution in [0.25, 0.3) is 0 Å². The summed E-state index contributed by atoms with van der Waals surface area (Å²) in [6, 6.07) is 11.4. The third-order valence-electron chi connectivity index (χ3n) is 3.77. The van der Waals surface area contributed by atoms with Crippen LogP contribution in [0.15, 0.2) is 45.8 Å². The smallest absolute Gasteiger partial charge is 0.191 e. The molecule has 0 saturated heterocycles. The number of aliphatic hydroxyl groups is 1. The van der Waals surface area contributed by atoms with Crippen LogP contribution in [0.4, 0.5) is 0 Å². The molecule has 25 heavy (non-hydrogen) atoms. The van der Waals surface area contributed by atoms with E-state index in [1.165, 1.54) is 0 Å². The molecule has 0 bridgehead atoms. The third kappa shape index (κ3) is 5.53. The van der Waals surface area contributed by atoms with Crippen LogP contribution in [0, 0.1) is 6.92 Å². The molecule has 0 aliphatic rings. The molecule has 1 heterocycles. The van der Waals surface area contributed by atoms with E-state index in [1.807, 2.05) is 44.2 Å². The number of furan rings is 1. The van der Waals surface area contributed by atoms with Crippen molar-refractivity contribution in [3.63, 3.8) is 0 Å². The lowest BCUT2D eigenvalue weighted by atomic mass is 10.0. The van der Waals surface area contributed by atoms with Gasteiger partial charge in [-0.05, 0) is 50.6 Å². The number of nitrogens with zero attached hydrogens (tertiary/aromatic N) is 1. The number of nitrogens with one attached hydrogen (secondary N) is 2. The van der Waals surface area contributed by atoms with E-state index >= 15 is 0 Å². The zero-order valence-corrected chi connectivity index (χ0v) is 15.3. The number of hydrogen-bond acceptors (Lipinski definition) is 4. The highest BCUT2D eigenvalue weighted by atomic mass is 16.5. The summed E-state index contributed by atoms with van der Waals surface area (Å²) in [5, 5.41) is 17.0. The number of guanidine groups is 1. The summed E-state index contributed by atoms with van der Waals surface area (Å²) >= 11 is 0. The first-order valence-corrected chi connectivity index (χ1v) is 8.39. The molecule has 6 heteroatoms. The molecule has 1 aromatic carbocycles. The molecule has 1 atom stereocenters. The van der Waals surface area contributed by atoms with Gasteiger partial charge in [0.2, 0.25) is 0 Å². The van der Waals surface area contributed by atoms with E-state index in [-0.39, 0.29) is 6.54 Å². The van der Waals surface area contributed by atoms with Crippen molar-refractivity contribution in [3.05, 3.63) is 53.5 Å². The highest BCUT2D eigenvalue weighted by Gasteiger charge is 2.27. The summed E-state index contributed by atoms with van der Waals surface area (Å²) in [4.78, 5) is 4.56. The normalized spacial score (nSPS) is 14.0. The summed E-state index contributed by atoms with van der Waals surface area (Å²) in [5.74, 6) is 2.74. The molecule has 0 aliphatic heterocycles. The minimum Gasteiger partial charge on any atom is -0.497 e. The van der Waals surface area contributed by atoms with Gasteiger partial charge < -0.3 is 24.9 Å². The number of aryl methyl sites for hydroxylation is 1. The number of methoxy groups -OCH3 is 1. The van der Waals surface area contributed by atoms with E-state index in [1.54, 1.807) is 20.1 Å². The summed E-state index contributed by atoms with van der Waals surface area (Å²) in [7, 11) is 1.65. The number of benzene rings is 1. The van der Waals surface area contributed by atoms with E-state index in [0.717, 1.165) is 23.6 Å². The monoisotopic (exact) mass is 345 g/mol. The maximum absolute atomic E-state index is 10.6. The zero-order valence-electron chi connectivity index (χ0n) is 15.3. The maximum atomic E-state index is 10.6. The van der Waals surface area contributed by atoms with Gasteiger partial charge in [-0.3, -0.25) is 0 Å². The van der Waals surface area contributed by atoms with Gasteiger partial charge in [-0.2, -0.15) is 0 Å². The Kier molecular flexibility index (Phi) is 6.47. The van der Waals surface area contributed by atoms with Crippen molar-refractivity contribution in [2.24, 2.45) is 4.99 Å². The molecule has 2 rings (SSSR count). The van der Waals surface area contributed by atoms with Crippen LogP contribution in [0.2, 0.25) is 0 Å². The second kappa shape index (κ2) is 8.58. The van der Waals surface area contributed by atoms with Crippen LogP contribution in [0.1, 0.15) is 30.9 Å². The second-order valence-corrected chi connectivity index (χ2v) is 6.08. The van der Waals surface area contributed by atoms with Crippen molar-refractivity contribution in [3.8, 4) is 5.75 Å². The number of ether oxygens (including phenoxy) is 1. The topological polar surface area (TPSA) is 79.0 Å². The van der Waals surface area contributed by atoms with E-state index in [4.69, 9.17) is 9.15 Å². The van der Waals surface area contributed by atoms with Gasteiger partial charge in [-0.25, -0.2) is 4.99 Å². The minimum atomic E-state index is -1.12. The minimum absolute atomic E-state index is 0.282. The lowest BCUT2D eigenvalue weighted by molar-refractivity contribution is 0.0378. The first-order valence-electron chi connectivity index (χ1n) is 8.39. The highest BCUT2D eigenvalue weighted by Crippen LogP contribution is 2.21. The fourth-order valence-corrected chi connectivity index (χ4v) is 2.35. The maximum Gasteiger partial charge on any atom is 0.191 e. The van der Waals surface area contributed by atoms with E-state index in [0.29, 0.717) is 18.3 Å². The molecular formula is C19H27N3O3. The van der Waals surface area contributed by atoms with Gasteiger partial charge in [0.1, 0.15) is 22.9 Å². The zero-order chi connectivity index (χ0) is 18.3. The number of hydrogen-bond donors (Lipinski definition) is 3. The molecule has 0 spiro atoms. The molecule has 0 aliphatic carbocycles.